The van der Waals surface area contributed by atoms with Crippen LogP contribution in [0, 0.1) is 0 Å². The molecular weight excluding hydrogens is 423 g/mol. The molecule has 2 heterocycles. The van der Waals surface area contributed by atoms with E-state index in [0.717, 1.165) is 16.7 Å². The van der Waals surface area contributed by atoms with Crippen LogP contribution >= 0.6 is 23.2 Å². The molecular formula is C23H20Cl2N2O3. The lowest BCUT2D eigenvalue weighted by atomic mass is 9.93. The van der Waals surface area contributed by atoms with Crippen LogP contribution in [0.3, 0.4) is 0 Å². The van der Waals surface area contributed by atoms with Crippen molar-refractivity contribution in [2.24, 2.45) is 0 Å². The van der Waals surface area contributed by atoms with Crippen molar-refractivity contribution in [2.45, 2.75) is 32.0 Å². The number of hydrogen-bond acceptors (Lipinski definition) is 3. The molecule has 0 saturated heterocycles. The Labute approximate surface area is 184 Å². The third-order valence-corrected chi connectivity index (χ3v) is 5.89. The Bertz CT molecular complexity index is 1080. The minimum atomic E-state index is -0.661. The number of carbonyl (C=O) groups is 2. The van der Waals surface area contributed by atoms with Crippen molar-refractivity contribution in [3.63, 3.8) is 0 Å². The van der Waals surface area contributed by atoms with E-state index in [4.69, 9.17) is 27.6 Å². The predicted octanol–water partition coefficient (Wildman–Crippen LogP) is 5.03. The SMILES string of the molecule is CC(NC(=O)C1Cc2ccccc2CN1C(=O)c1ccco1)c1ccc(Cl)cc1Cl. The highest BCUT2D eigenvalue weighted by molar-refractivity contribution is 6.35. The van der Waals surface area contributed by atoms with Gasteiger partial charge in [-0.1, -0.05) is 53.5 Å². The summed E-state index contributed by atoms with van der Waals surface area (Å²) in [7, 11) is 0. The van der Waals surface area contributed by atoms with Crippen molar-refractivity contribution >= 4 is 35.0 Å². The molecule has 0 bridgehead atoms. The number of nitrogens with one attached hydrogen (secondary N) is 1. The van der Waals surface area contributed by atoms with E-state index >= 15 is 0 Å². The molecule has 0 radical (unpaired) electrons. The van der Waals surface area contributed by atoms with Gasteiger partial charge in [0.15, 0.2) is 5.76 Å². The topological polar surface area (TPSA) is 62.6 Å². The lowest BCUT2D eigenvalue weighted by Gasteiger charge is -2.36. The first-order valence-corrected chi connectivity index (χ1v) is 10.4. The molecule has 2 unspecified atom stereocenters. The van der Waals surface area contributed by atoms with E-state index in [2.05, 4.69) is 5.32 Å². The largest absolute Gasteiger partial charge is 0.459 e. The van der Waals surface area contributed by atoms with Gasteiger partial charge in [-0.2, -0.15) is 0 Å². The van der Waals surface area contributed by atoms with Gasteiger partial charge in [0.1, 0.15) is 6.04 Å². The zero-order chi connectivity index (χ0) is 21.3. The van der Waals surface area contributed by atoms with E-state index in [1.807, 2.05) is 31.2 Å². The lowest BCUT2D eigenvalue weighted by Crippen LogP contribution is -2.52. The summed E-state index contributed by atoms with van der Waals surface area (Å²) < 4.78 is 5.29. The van der Waals surface area contributed by atoms with E-state index in [1.165, 1.54) is 6.26 Å². The van der Waals surface area contributed by atoms with Gasteiger partial charge in [0, 0.05) is 23.0 Å². The van der Waals surface area contributed by atoms with Gasteiger partial charge in [-0.25, -0.2) is 0 Å². The van der Waals surface area contributed by atoms with Crippen LogP contribution in [-0.4, -0.2) is 22.8 Å². The van der Waals surface area contributed by atoms with Crippen molar-refractivity contribution in [1.82, 2.24) is 10.2 Å². The molecule has 2 amide bonds. The first kappa shape index (κ1) is 20.5. The fourth-order valence-electron chi connectivity index (χ4n) is 3.75. The molecule has 1 aliphatic heterocycles. The van der Waals surface area contributed by atoms with Gasteiger partial charge < -0.3 is 14.6 Å². The van der Waals surface area contributed by atoms with E-state index in [1.54, 1.807) is 35.2 Å². The fourth-order valence-corrected chi connectivity index (χ4v) is 4.32. The Balaban J connectivity index is 1.60. The Morgan fingerprint density at radius 1 is 1.10 bits per heavy atom. The van der Waals surface area contributed by atoms with E-state index in [0.29, 0.717) is 23.0 Å². The second-order valence-electron chi connectivity index (χ2n) is 7.30. The Morgan fingerprint density at radius 3 is 2.57 bits per heavy atom. The van der Waals surface area contributed by atoms with E-state index in [-0.39, 0.29) is 23.6 Å². The second-order valence-corrected chi connectivity index (χ2v) is 8.14. The molecule has 3 aromatic rings. The molecule has 1 N–H and O–H groups in total. The average Bonchev–Trinajstić information content (AvgIpc) is 3.27. The average molecular weight is 443 g/mol. The highest BCUT2D eigenvalue weighted by Gasteiger charge is 2.36. The number of halogens is 2. The van der Waals surface area contributed by atoms with E-state index < -0.39 is 6.04 Å². The number of fused-ring (bicyclic) bond motifs is 1. The molecule has 1 aliphatic rings. The summed E-state index contributed by atoms with van der Waals surface area (Å²) in [5.41, 5.74) is 2.84. The van der Waals surface area contributed by atoms with Crippen LogP contribution in [0.1, 0.15) is 40.2 Å². The zero-order valence-electron chi connectivity index (χ0n) is 16.3. The van der Waals surface area contributed by atoms with Crippen LogP contribution in [-0.2, 0) is 17.8 Å². The highest BCUT2D eigenvalue weighted by atomic mass is 35.5. The van der Waals surface area contributed by atoms with Gasteiger partial charge in [0.25, 0.3) is 5.91 Å². The van der Waals surface area contributed by atoms with Crippen molar-refractivity contribution in [2.75, 3.05) is 0 Å². The minimum Gasteiger partial charge on any atom is -0.459 e. The van der Waals surface area contributed by atoms with Crippen molar-refractivity contribution in [3.8, 4) is 0 Å². The van der Waals surface area contributed by atoms with Gasteiger partial charge in [-0.15, -0.1) is 0 Å². The summed E-state index contributed by atoms with van der Waals surface area (Å²) in [6, 6.07) is 15.3. The molecule has 0 aliphatic carbocycles. The minimum absolute atomic E-state index is 0.209. The summed E-state index contributed by atoms with van der Waals surface area (Å²) in [5, 5.41) is 4.00. The van der Waals surface area contributed by atoms with Crippen LogP contribution in [0.2, 0.25) is 10.0 Å². The van der Waals surface area contributed by atoms with Crippen LogP contribution in [0.4, 0.5) is 0 Å². The number of rotatable bonds is 4. The van der Waals surface area contributed by atoms with Gasteiger partial charge in [0.05, 0.1) is 12.3 Å². The van der Waals surface area contributed by atoms with Gasteiger partial charge >= 0.3 is 0 Å². The first-order chi connectivity index (χ1) is 14.4. The molecule has 30 heavy (non-hydrogen) atoms. The standard InChI is InChI=1S/C23H20Cl2N2O3/c1-14(18-9-8-17(24)12-19(18)25)26-22(28)20-11-15-5-2-3-6-16(15)13-27(20)23(29)21-7-4-10-30-21/h2-10,12,14,20H,11,13H2,1H3,(H,26,28). The molecule has 4 rings (SSSR count). The number of benzene rings is 2. The summed E-state index contributed by atoms with van der Waals surface area (Å²) in [6.07, 6.45) is 1.88. The van der Waals surface area contributed by atoms with Crippen molar-refractivity contribution in [3.05, 3.63) is 93.4 Å². The summed E-state index contributed by atoms with van der Waals surface area (Å²) in [5.74, 6) is -0.351. The van der Waals surface area contributed by atoms with Crippen LogP contribution < -0.4 is 5.32 Å². The summed E-state index contributed by atoms with van der Waals surface area (Å²) in [6.45, 7) is 2.19. The quantitative estimate of drug-likeness (QED) is 0.615. The Morgan fingerprint density at radius 2 is 1.87 bits per heavy atom. The normalized spacial score (nSPS) is 16.6. The summed E-state index contributed by atoms with van der Waals surface area (Å²) >= 11 is 12.3. The number of nitrogens with zero attached hydrogens (tertiary/aromatic N) is 1. The van der Waals surface area contributed by atoms with Crippen LogP contribution in [0.25, 0.3) is 0 Å². The molecule has 2 aromatic carbocycles. The molecule has 0 fully saturated rings. The van der Waals surface area contributed by atoms with Crippen molar-refractivity contribution in [1.29, 1.82) is 0 Å². The van der Waals surface area contributed by atoms with Gasteiger partial charge in [0.2, 0.25) is 5.91 Å². The smallest absolute Gasteiger partial charge is 0.290 e. The van der Waals surface area contributed by atoms with Gasteiger partial charge in [-0.3, -0.25) is 9.59 Å². The number of carbonyl (C=O) groups excluding carboxylic acids is 2. The predicted molar refractivity (Wildman–Crippen MR) is 116 cm³/mol. The lowest BCUT2D eigenvalue weighted by molar-refractivity contribution is -0.126. The number of amides is 2. The van der Waals surface area contributed by atoms with Crippen molar-refractivity contribution < 1.29 is 14.0 Å². The molecule has 5 nitrogen and oxygen atoms in total. The Kier molecular flexibility index (Phi) is 5.84. The molecule has 2 atom stereocenters. The zero-order valence-corrected chi connectivity index (χ0v) is 17.8. The van der Waals surface area contributed by atoms with Gasteiger partial charge in [-0.05, 0) is 47.9 Å². The number of hydrogen-bond donors (Lipinski definition) is 1. The third-order valence-electron chi connectivity index (χ3n) is 5.33. The molecule has 7 heteroatoms. The highest BCUT2D eigenvalue weighted by Crippen LogP contribution is 2.28. The monoisotopic (exact) mass is 442 g/mol. The van der Waals surface area contributed by atoms with Crippen LogP contribution in [0.5, 0.6) is 0 Å². The maximum Gasteiger partial charge on any atom is 0.290 e. The molecule has 0 saturated carbocycles. The maximum absolute atomic E-state index is 13.2. The molecule has 0 spiro atoms. The molecule has 1 aromatic heterocycles. The van der Waals surface area contributed by atoms with Crippen LogP contribution in [0.15, 0.2) is 65.3 Å². The molecule has 154 valence electrons. The summed E-state index contributed by atoms with van der Waals surface area (Å²) in [4.78, 5) is 27.9. The second kappa shape index (κ2) is 8.54. The maximum atomic E-state index is 13.2. The third kappa shape index (κ3) is 4.09. The Hall–Kier alpha value is -2.76. The number of furan rings is 1. The first-order valence-electron chi connectivity index (χ1n) is 9.60. The van der Waals surface area contributed by atoms with E-state index in [9.17, 15) is 9.59 Å². The fraction of sp³-hybridized carbons (Fsp3) is 0.217.